The maximum atomic E-state index is 12.1. The summed E-state index contributed by atoms with van der Waals surface area (Å²) in [5.41, 5.74) is 0.620. The van der Waals surface area contributed by atoms with Crippen molar-refractivity contribution < 1.29 is 4.79 Å². The lowest BCUT2D eigenvalue weighted by Gasteiger charge is -2.15. The van der Waals surface area contributed by atoms with E-state index in [0.717, 1.165) is 30.0 Å². The van der Waals surface area contributed by atoms with Crippen molar-refractivity contribution in [2.24, 2.45) is 0 Å². The van der Waals surface area contributed by atoms with Gasteiger partial charge in [-0.15, -0.1) is 0 Å². The SMILES string of the molecule is O=C(NC1CCN(C2CC2)C1)c1cncc(Br)c1. The van der Waals surface area contributed by atoms with E-state index in [4.69, 9.17) is 0 Å². The zero-order valence-corrected chi connectivity index (χ0v) is 11.7. The monoisotopic (exact) mass is 309 g/mol. The van der Waals surface area contributed by atoms with Crippen molar-refractivity contribution >= 4 is 21.8 Å². The van der Waals surface area contributed by atoms with Crippen molar-refractivity contribution in [1.29, 1.82) is 0 Å². The van der Waals surface area contributed by atoms with Crippen LogP contribution in [0.5, 0.6) is 0 Å². The van der Waals surface area contributed by atoms with E-state index in [1.54, 1.807) is 18.5 Å². The molecular weight excluding hydrogens is 294 g/mol. The van der Waals surface area contributed by atoms with E-state index in [-0.39, 0.29) is 11.9 Å². The van der Waals surface area contributed by atoms with Crippen LogP contribution in [0.3, 0.4) is 0 Å². The number of likely N-dealkylation sites (tertiary alicyclic amines) is 1. The highest BCUT2D eigenvalue weighted by atomic mass is 79.9. The van der Waals surface area contributed by atoms with Gasteiger partial charge in [-0.05, 0) is 41.3 Å². The topological polar surface area (TPSA) is 45.2 Å². The number of hydrogen-bond donors (Lipinski definition) is 1. The van der Waals surface area contributed by atoms with Gasteiger partial charge >= 0.3 is 0 Å². The molecule has 1 saturated carbocycles. The first kappa shape index (κ1) is 12.1. The van der Waals surface area contributed by atoms with Gasteiger partial charge in [0.2, 0.25) is 0 Å². The van der Waals surface area contributed by atoms with Crippen LogP contribution < -0.4 is 5.32 Å². The van der Waals surface area contributed by atoms with Gasteiger partial charge in [-0.2, -0.15) is 0 Å². The average molecular weight is 310 g/mol. The van der Waals surface area contributed by atoms with E-state index >= 15 is 0 Å². The highest BCUT2D eigenvalue weighted by Gasteiger charge is 2.34. The smallest absolute Gasteiger partial charge is 0.253 e. The van der Waals surface area contributed by atoms with E-state index in [0.29, 0.717) is 5.56 Å². The number of rotatable bonds is 3. The maximum absolute atomic E-state index is 12.1. The van der Waals surface area contributed by atoms with Crippen LogP contribution in [0, 0.1) is 0 Å². The van der Waals surface area contributed by atoms with Gasteiger partial charge in [0.25, 0.3) is 5.91 Å². The van der Waals surface area contributed by atoms with Crippen LogP contribution in [0.15, 0.2) is 22.9 Å². The number of hydrogen-bond acceptors (Lipinski definition) is 3. The molecular formula is C13H16BrN3O. The predicted octanol–water partition coefficient (Wildman–Crippen LogP) is 1.81. The molecule has 1 aliphatic heterocycles. The van der Waals surface area contributed by atoms with Gasteiger partial charge < -0.3 is 5.32 Å². The first-order valence-electron chi connectivity index (χ1n) is 6.38. The van der Waals surface area contributed by atoms with E-state index < -0.39 is 0 Å². The fourth-order valence-electron chi connectivity index (χ4n) is 2.48. The third-order valence-electron chi connectivity index (χ3n) is 3.59. The molecule has 4 nitrogen and oxygen atoms in total. The summed E-state index contributed by atoms with van der Waals surface area (Å²) in [5, 5.41) is 3.09. The molecule has 1 aromatic rings. The Kier molecular flexibility index (Phi) is 3.35. The summed E-state index contributed by atoms with van der Waals surface area (Å²) >= 11 is 3.33. The molecule has 0 radical (unpaired) electrons. The zero-order valence-electron chi connectivity index (χ0n) is 10.1. The summed E-state index contributed by atoms with van der Waals surface area (Å²) in [7, 11) is 0. The third kappa shape index (κ3) is 2.72. The highest BCUT2D eigenvalue weighted by molar-refractivity contribution is 9.10. The van der Waals surface area contributed by atoms with Gasteiger partial charge in [0.15, 0.2) is 0 Å². The summed E-state index contributed by atoms with van der Waals surface area (Å²) < 4.78 is 0.834. The molecule has 5 heteroatoms. The second-order valence-corrected chi connectivity index (χ2v) is 5.99. The molecule has 0 aromatic carbocycles. The van der Waals surface area contributed by atoms with Gasteiger partial charge in [-0.3, -0.25) is 14.7 Å². The molecule has 2 aliphatic rings. The second kappa shape index (κ2) is 4.97. The fourth-order valence-corrected chi connectivity index (χ4v) is 2.85. The van der Waals surface area contributed by atoms with Crippen molar-refractivity contribution in [2.75, 3.05) is 13.1 Å². The lowest BCUT2D eigenvalue weighted by molar-refractivity contribution is 0.0937. The number of carbonyl (C=O) groups excluding carboxylic acids is 1. The van der Waals surface area contributed by atoms with E-state index in [2.05, 4.69) is 31.1 Å². The first-order valence-corrected chi connectivity index (χ1v) is 7.17. The second-order valence-electron chi connectivity index (χ2n) is 5.08. The van der Waals surface area contributed by atoms with E-state index in [1.807, 2.05) is 0 Å². The largest absolute Gasteiger partial charge is 0.348 e. The molecule has 1 atom stereocenters. The molecule has 96 valence electrons. The molecule has 0 bridgehead atoms. The minimum absolute atomic E-state index is 0.0218. The number of nitrogens with one attached hydrogen (secondary N) is 1. The van der Waals surface area contributed by atoms with Crippen molar-refractivity contribution in [3.05, 3.63) is 28.5 Å². The van der Waals surface area contributed by atoms with Crippen LogP contribution in [-0.2, 0) is 0 Å². The Bertz CT molecular complexity index is 461. The summed E-state index contributed by atoms with van der Waals surface area (Å²) in [4.78, 5) is 18.6. The highest BCUT2D eigenvalue weighted by Crippen LogP contribution is 2.29. The number of aromatic nitrogens is 1. The third-order valence-corrected chi connectivity index (χ3v) is 4.02. The minimum Gasteiger partial charge on any atom is -0.348 e. The Morgan fingerprint density at radius 1 is 1.39 bits per heavy atom. The quantitative estimate of drug-likeness (QED) is 0.926. The van der Waals surface area contributed by atoms with Gasteiger partial charge in [-0.1, -0.05) is 0 Å². The lowest BCUT2D eigenvalue weighted by Crippen LogP contribution is -2.37. The molecule has 18 heavy (non-hydrogen) atoms. The first-order chi connectivity index (χ1) is 8.72. The normalized spacial score (nSPS) is 24.2. The Morgan fingerprint density at radius 3 is 2.94 bits per heavy atom. The van der Waals surface area contributed by atoms with Crippen molar-refractivity contribution in [3.63, 3.8) is 0 Å². The van der Waals surface area contributed by atoms with Crippen molar-refractivity contribution in [2.45, 2.75) is 31.3 Å². The number of amides is 1. The van der Waals surface area contributed by atoms with E-state index in [9.17, 15) is 4.79 Å². The van der Waals surface area contributed by atoms with Gasteiger partial charge in [0, 0.05) is 42.0 Å². The van der Waals surface area contributed by atoms with Gasteiger partial charge in [0.1, 0.15) is 0 Å². The number of pyridine rings is 1. The average Bonchev–Trinajstić information content (AvgIpc) is 3.11. The van der Waals surface area contributed by atoms with Crippen LogP contribution in [0.4, 0.5) is 0 Å². The van der Waals surface area contributed by atoms with Gasteiger partial charge in [-0.25, -0.2) is 0 Å². The summed E-state index contributed by atoms with van der Waals surface area (Å²) in [6, 6.07) is 2.88. The van der Waals surface area contributed by atoms with Crippen LogP contribution in [0.2, 0.25) is 0 Å². The van der Waals surface area contributed by atoms with Crippen LogP contribution in [0.25, 0.3) is 0 Å². The van der Waals surface area contributed by atoms with Crippen molar-refractivity contribution in [3.8, 4) is 0 Å². The molecule has 2 fully saturated rings. The Labute approximate surface area is 115 Å². The molecule has 3 rings (SSSR count). The fraction of sp³-hybridized carbons (Fsp3) is 0.538. The van der Waals surface area contributed by atoms with Crippen LogP contribution in [-0.4, -0.2) is 41.0 Å². The molecule has 1 aliphatic carbocycles. The number of carbonyl (C=O) groups is 1. The minimum atomic E-state index is -0.0218. The maximum Gasteiger partial charge on any atom is 0.253 e. The molecule has 0 spiro atoms. The molecule has 1 N–H and O–H groups in total. The lowest BCUT2D eigenvalue weighted by atomic mass is 10.2. The standard InChI is InChI=1S/C13H16BrN3O/c14-10-5-9(6-15-7-10)13(18)16-11-3-4-17(8-11)12-1-2-12/h5-7,11-12H,1-4,8H2,(H,16,18). The van der Waals surface area contributed by atoms with E-state index in [1.165, 1.54) is 12.8 Å². The Morgan fingerprint density at radius 2 is 2.22 bits per heavy atom. The number of nitrogens with zero attached hydrogens (tertiary/aromatic N) is 2. The Hall–Kier alpha value is -0.940. The Balaban J connectivity index is 1.58. The zero-order chi connectivity index (χ0) is 12.5. The number of halogens is 1. The van der Waals surface area contributed by atoms with Crippen LogP contribution >= 0.6 is 15.9 Å². The summed E-state index contributed by atoms with van der Waals surface area (Å²) in [6.45, 7) is 2.12. The van der Waals surface area contributed by atoms with Crippen molar-refractivity contribution in [1.82, 2.24) is 15.2 Å². The molecule has 1 saturated heterocycles. The predicted molar refractivity (Wildman–Crippen MR) is 72.4 cm³/mol. The molecule has 2 heterocycles. The molecule has 1 amide bonds. The molecule has 1 unspecified atom stereocenters. The van der Waals surface area contributed by atoms with Crippen LogP contribution in [0.1, 0.15) is 29.6 Å². The summed E-state index contributed by atoms with van der Waals surface area (Å²) in [6.07, 6.45) is 7.00. The summed E-state index contributed by atoms with van der Waals surface area (Å²) in [5.74, 6) is -0.0218. The van der Waals surface area contributed by atoms with Gasteiger partial charge in [0.05, 0.1) is 5.56 Å². The molecule has 1 aromatic heterocycles.